The van der Waals surface area contributed by atoms with Gasteiger partial charge in [-0.1, -0.05) is 35.7 Å². The lowest BCUT2D eigenvalue weighted by Gasteiger charge is -1.91. The maximum atomic E-state index is 11.7. The van der Waals surface area contributed by atoms with Crippen molar-refractivity contribution in [2.24, 2.45) is 0 Å². The first kappa shape index (κ1) is 13.2. The Hall–Kier alpha value is -2.77. The van der Waals surface area contributed by atoms with Crippen molar-refractivity contribution in [1.82, 2.24) is 5.27 Å². The van der Waals surface area contributed by atoms with Crippen molar-refractivity contribution in [2.45, 2.75) is 0 Å². The van der Waals surface area contributed by atoms with E-state index in [1.54, 1.807) is 24.3 Å². The molecule has 0 fully saturated rings. The Morgan fingerprint density at radius 2 is 1.71 bits per heavy atom. The maximum absolute atomic E-state index is 11.7. The van der Waals surface area contributed by atoms with Crippen LogP contribution in [0, 0.1) is 11.8 Å². The first-order chi connectivity index (χ1) is 10.2. The van der Waals surface area contributed by atoms with Crippen LogP contribution in [0.4, 0.5) is 0 Å². The van der Waals surface area contributed by atoms with Crippen LogP contribution in [0.1, 0.15) is 11.3 Å². The molecular weight excluding hydrogens is 288 g/mol. The summed E-state index contributed by atoms with van der Waals surface area (Å²) in [6.45, 7) is 0. The predicted molar refractivity (Wildman–Crippen MR) is 74.9 cm³/mol. The molecule has 0 radical (unpaired) electrons. The number of benzene rings is 2. The second-order valence-corrected chi connectivity index (χ2v) is 4.65. The summed E-state index contributed by atoms with van der Waals surface area (Å²) in [5.74, 6) is 5.12. The van der Waals surface area contributed by atoms with E-state index in [4.69, 9.17) is 16.1 Å². The Balaban J connectivity index is 2.01. The number of para-hydroxylation sites is 1. The fourth-order valence-electron chi connectivity index (χ4n) is 1.76. The second kappa shape index (κ2) is 5.70. The second-order valence-electron chi connectivity index (χ2n) is 4.21. The maximum Gasteiger partial charge on any atom is 0.314 e. The van der Waals surface area contributed by atoms with Crippen LogP contribution < -0.4 is 9.79 Å². The van der Waals surface area contributed by atoms with E-state index in [1.165, 1.54) is 4.68 Å². The summed E-state index contributed by atoms with van der Waals surface area (Å²) in [7, 11) is 0. The van der Waals surface area contributed by atoms with Gasteiger partial charge in [-0.05, 0) is 28.9 Å². The van der Waals surface area contributed by atoms with Gasteiger partial charge in [-0.3, -0.25) is 0 Å². The number of aromatic nitrogens is 2. The molecule has 0 N–H and O–H groups in total. The third-order valence-corrected chi connectivity index (χ3v) is 3.03. The number of hydrogen-bond donors (Lipinski definition) is 0. The van der Waals surface area contributed by atoms with Gasteiger partial charge in [0.2, 0.25) is 5.69 Å². The first-order valence-corrected chi connectivity index (χ1v) is 6.54. The standard InChI is InChI=1S/C16H9ClN2O2/c17-13-9-6-12(7-10-13)8-11-15-16(20)21-18-19(15)14-4-2-1-3-5-14/h1-7,9-10H. The lowest BCUT2D eigenvalue weighted by molar-refractivity contribution is -0.672. The van der Waals surface area contributed by atoms with Gasteiger partial charge in [0.15, 0.2) is 5.95 Å². The lowest BCUT2D eigenvalue weighted by atomic mass is 10.2. The van der Waals surface area contributed by atoms with Gasteiger partial charge in [0.1, 0.15) is 0 Å². The summed E-state index contributed by atoms with van der Waals surface area (Å²) in [4.78, 5) is 0. The zero-order valence-electron chi connectivity index (χ0n) is 10.8. The average Bonchev–Trinajstić information content (AvgIpc) is 2.89. The first-order valence-electron chi connectivity index (χ1n) is 6.16. The third-order valence-electron chi connectivity index (χ3n) is 2.78. The van der Waals surface area contributed by atoms with Crippen molar-refractivity contribution in [1.29, 1.82) is 0 Å². The fraction of sp³-hybridized carbons (Fsp3) is 0. The van der Waals surface area contributed by atoms with Crippen LogP contribution >= 0.6 is 11.6 Å². The van der Waals surface area contributed by atoms with Gasteiger partial charge in [0.05, 0.1) is 5.27 Å². The zero-order valence-corrected chi connectivity index (χ0v) is 11.5. The molecule has 0 saturated carbocycles. The summed E-state index contributed by atoms with van der Waals surface area (Å²) in [5, 5.41) is 16.1. The normalized spacial score (nSPS) is 9.95. The summed E-state index contributed by atoms with van der Waals surface area (Å²) in [6, 6.07) is 16.2. The average molecular weight is 297 g/mol. The van der Waals surface area contributed by atoms with E-state index in [-0.39, 0.29) is 5.69 Å². The molecule has 3 aromatic rings. The van der Waals surface area contributed by atoms with Crippen LogP contribution in [0.15, 0.2) is 59.1 Å². The lowest BCUT2D eigenvalue weighted by Crippen LogP contribution is -2.35. The Morgan fingerprint density at radius 1 is 1.00 bits per heavy atom. The van der Waals surface area contributed by atoms with Gasteiger partial charge in [-0.2, -0.15) is 0 Å². The van der Waals surface area contributed by atoms with E-state index in [2.05, 4.69) is 17.1 Å². The summed E-state index contributed by atoms with van der Waals surface area (Å²) in [6.07, 6.45) is 0. The van der Waals surface area contributed by atoms with Crippen molar-refractivity contribution in [3.05, 3.63) is 70.9 Å². The molecule has 3 rings (SSSR count). The quantitative estimate of drug-likeness (QED) is 0.510. The molecule has 2 aromatic carbocycles. The largest absolute Gasteiger partial charge is 0.538 e. The van der Waals surface area contributed by atoms with Crippen LogP contribution in [0.25, 0.3) is 5.69 Å². The van der Waals surface area contributed by atoms with E-state index in [0.717, 1.165) is 5.56 Å². The fourth-order valence-corrected chi connectivity index (χ4v) is 1.89. The molecule has 102 valence electrons. The third kappa shape index (κ3) is 2.88. The van der Waals surface area contributed by atoms with E-state index in [9.17, 15) is 5.11 Å². The SMILES string of the molecule is [O-]c1on[n+](-c2ccccc2)c1C#Cc1ccc(Cl)cc1. The molecule has 0 aliphatic heterocycles. The minimum absolute atomic E-state index is 0.177. The van der Waals surface area contributed by atoms with Crippen molar-refractivity contribution in [3.8, 4) is 23.5 Å². The predicted octanol–water partition coefficient (Wildman–Crippen LogP) is 2.08. The molecule has 0 spiro atoms. The van der Waals surface area contributed by atoms with Crippen LogP contribution in [0.5, 0.6) is 5.95 Å². The van der Waals surface area contributed by atoms with E-state index in [1.807, 2.05) is 30.3 Å². The zero-order chi connectivity index (χ0) is 14.7. The molecule has 21 heavy (non-hydrogen) atoms. The number of hydrogen-bond acceptors (Lipinski definition) is 3. The molecule has 1 heterocycles. The number of rotatable bonds is 1. The van der Waals surface area contributed by atoms with Gasteiger partial charge < -0.3 is 9.63 Å². The molecule has 0 unspecified atom stereocenters. The smallest absolute Gasteiger partial charge is 0.314 e. The highest BCUT2D eigenvalue weighted by atomic mass is 35.5. The Morgan fingerprint density at radius 3 is 2.43 bits per heavy atom. The highest BCUT2D eigenvalue weighted by Gasteiger charge is 2.17. The van der Waals surface area contributed by atoms with Gasteiger partial charge in [0, 0.05) is 28.6 Å². The molecule has 4 nitrogen and oxygen atoms in total. The number of halogens is 1. The van der Waals surface area contributed by atoms with Crippen molar-refractivity contribution in [3.63, 3.8) is 0 Å². The Labute approximate surface area is 126 Å². The van der Waals surface area contributed by atoms with E-state index < -0.39 is 5.95 Å². The van der Waals surface area contributed by atoms with Gasteiger partial charge in [0.25, 0.3) is 0 Å². The molecule has 0 bridgehead atoms. The van der Waals surface area contributed by atoms with Crippen molar-refractivity contribution >= 4 is 11.6 Å². The van der Waals surface area contributed by atoms with E-state index in [0.29, 0.717) is 10.7 Å². The van der Waals surface area contributed by atoms with Gasteiger partial charge >= 0.3 is 5.69 Å². The van der Waals surface area contributed by atoms with Crippen LogP contribution in [-0.4, -0.2) is 5.27 Å². The molecule has 0 atom stereocenters. The molecule has 5 heteroatoms. The van der Waals surface area contributed by atoms with Crippen molar-refractivity contribution in [2.75, 3.05) is 0 Å². The summed E-state index contributed by atoms with van der Waals surface area (Å²) < 4.78 is 6.07. The van der Waals surface area contributed by atoms with Gasteiger partial charge in [-0.15, -0.1) is 0 Å². The molecule has 0 saturated heterocycles. The molecule has 1 aromatic heterocycles. The van der Waals surface area contributed by atoms with Crippen LogP contribution in [-0.2, 0) is 0 Å². The minimum Gasteiger partial charge on any atom is -0.538 e. The van der Waals surface area contributed by atoms with E-state index >= 15 is 0 Å². The topological polar surface area (TPSA) is 53.0 Å². The summed E-state index contributed by atoms with van der Waals surface area (Å²) >= 11 is 5.81. The molecule has 0 amide bonds. The van der Waals surface area contributed by atoms with Crippen LogP contribution in [0.2, 0.25) is 5.02 Å². The molecule has 0 aliphatic carbocycles. The molecular formula is C16H9ClN2O2. The highest BCUT2D eigenvalue weighted by molar-refractivity contribution is 6.30. The molecule has 0 aliphatic rings. The van der Waals surface area contributed by atoms with Crippen molar-refractivity contribution < 1.29 is 14.3 Å². The number of nitrogens with zero attached hydrogens (tertiary/aromatic N) is 2. The van der Waals surface area contributed by atoms with Gasteiger partial charge in [-0.25, -0.2) is 0 Å². The summed E-state index contributed by atoms with van der Waals surface area (Å²) in [5.41, 5.74) is 1.64. The monoisotopic (exact) mass is 296 g/mol. The minimum atomic E-state index is -0.569. The highest BCUT2D eigenvalue weighted by Crippen LogP contribution is 2.11. The van der Waals surface area contributed by atoms with Crippen LogP contribution in [0.3, 0.4) is 0 Å². The Bertz CT molecular complexity index is 815. The Kier molecular flexibility index (Phi) is 3.59.